The predicted molar refractivity (Wildman–Crippen MR) is 94.1 cm³/mol. The molecule has 1 saturated heterocycles. The molecule has 1 aromatic heterocycles. The topological polar surface area (TPSA) is 56.2 Å². The van der Waals surface area contributed by atoms with E-state index in [0.717, 1.165) is 6.07 Å². The third-order valence-electron chi connectivity index (χ3n) is 4.29. The van der Waals surface area contributed by atoms with E-state index in [1.807, 2.05) is 0 Å². The van der Waals surface area contributed by atoms with E-state index in [9.17, 15) is 22.4 Å². The summed E-state index contributed by atoms with van der Waals surface area (Å²) in [5.74, 6) is -1.02. The lowest BCUT2D eigenvalue weighted by Gasteiger charge is -2.25. The second-order valence-corrected chi connectivity index (χ2v) is 6.92. The fourth-order valence-electron chi connectivity index (χ4n) is 3.04. The molecule has 1 N–H and O–H groups in total. The second kappa shape index (κ2) is 7.97. The van der Waals surface area contributed by atoms with Crippen molar-refractivity contribution < 1.29 is 27.1 Å². The van der Waals surface area contributed by atoms with Crippen molar-refractivity contribution in [1.29, 1.82) is 0 Å². The molecule has 1 amide bonds. The molecule has 146 valence electrons. The Morgan fingerprint density at radius 3 is 2.67 bits per heavy atom. The summed E-state index contributed by atoms with van der Waals surface area (Å²) >= 11 is 2.95. The number of rotatable bonds is 4. The first kappa shape index (κ1) is 19.8. The van der Waals surface area contributed by atoms with E-state index in [4.69, 9.17) is 4.74 Å². The summed E-state index contributed by atoms with van der Waals surface area (Å²) in [6, 6.07) is 3.74. The number of benzene rings is 1. The Morgan fingerprint density at radius 2 is 2.04 bits per heavy atom. The smallest absolute Gasteiger partial charge is 0.381 e. The number of ether oxygens (including phenoxy) is 1. The van der Waals surface area contributed by atoms with Gasteiger partial charge in [0, 0.05) is 29.4 Å². The summed E-state index contributed by atoms with van der Waals surface area (Å²) in [5, 5.41) is 6.51. The molecule has 0 radical (unpaired) electrons. The van der Waals surface area contributed by atoms with Gasteiger partial charge in [-0.15, -0.1) is 0 Å². The summed E-state index contributed by atoms with van der Waals surface area (Å²) in [7, 11) is 0. The third-order valence-corrected chi connectivity index (χ3v) is 4.95. The Morgan fingerprint density at radius 1 is 1.33 bits per heavy atom. The number of carbonyl (C=O) groups is 1. The largest absolute Gasteiger partial charge is 0.417 e. The van der Waals surface area contributed by atoms with Crippen LogP contribution < -0.4 is 5.32 Å². The summed E-state index contributed by atoms with van der Waals surface area (Å²) in [4.78, 5) is 11.5. The van der Waals surface area contributed by atoms with Gasteiger partial charge in [0.15, 0.2) is 6.67 Å². The lowest BCUT2D eigenvalue weighted by molar-refractivity contribution is -0.138. The number of alkyl halides is 4. The van der Waals surface area contributed by atoms with Gasteiger partial charge in [-0.1, -0.05) is 15.9 Å². The van der Waals surface area contributed by atoms with Gasteiger partial charge in [-0.3, -0.25) is 9.48 Å². The van der Waals surface area contributed by atoms with Crippen molar-refractivity contribution >= 4 is 27.5 Å². The predicted octanol–water partition coefficient (Wildman–Crippen LogP) is 4.59. The molecule has 0 aliphatic carbocycles. The molecule has 0 unspecified atom stereocenters. The van der Waals surface area contributed by atoms with E-state index in [1.165, 1.54) is 12.3 Å². The molecular weight excluding hydrogens is 434 g/mol. The summed E-state index contributed by atoms with van der Waals surface area (Å²) in [5.41, 5.74) is -0.231. The molecule has 1 fully saturated rings. The van der Waals surface area contributed by atoms with Crippen LogP contribution in [-0.2, 0) is 15.7 Å². The minimum atomic E-state index is -4.63. The van der Waals surface area contributed by atoms with Gasteiger partial charge in [0.05, 0.1) is 23.0 Å². The monoisotopic (exact) mass is 449 g/mol. The number of aromatic nitrogens is 2. The first-order valence-electron chi connectivity index (χ1n) is 8.19. The van der Waals surface area contributed by atoms with Gasteiger partial charge in [-0.25, -0.2) is 4.39 Å². The van der Waals surface area contributed by atoms with Gasteiger partial charge >= 0.3 is 6.18 Å². The highest BCUT2D eigenvalue weighted by atomic mass is 79.9. The highest BCUT2D eigenvalue weighted by Crippen LogP contribution is 2.41. The van der Waals surface area contributed by atoms with Gasteiger partial charge in [0.25, 0.3) is 5.91 Å². The number of hydrogen-bond acceptors (Lipinski definition) is 3. The zero-order valence-corrected chi connectivity index (χ0v) is 15.6. The number of carbonyl (C=O) groups excluding carboxylic acids is 1. The van der Waals surface area contributed by atoms with E-state index in [1.54, 1.807) is 10.7 Å². The Labute approximate surface area is 160 Å². The standard InChI is InChI=1S/C17H16BrF4N3O2/c18-13-7-11(14(24-16(26)9-19)8-12(13)17(20,21)22)15-1-4-23-25(15)10-2-5-27-6-3-10/h1,4,7-8,10H,2-3,5-6,9H2,(H,24,26). The summed E-state index contributed by atoms with van der Waals surface area (Å²) < 4.78 is 59.3. The first-order chi connectivity index (χ1) is 12.8. The maximum absolute atomic E-state index is 13.2. The Balaban J connectivity index is 2.10. The van der Waals surface area contributed by atoms with Crippen LogP contribution in [0.3, 0.4) is 0 Å². The molecule has 2 aromatic rings. The lowest BCUT2D eigenvalue weighted by Crippen LogP contribution is -2.21. The number of amides is 1. The van der Waals surface area contributed by atoms with E-state index in [2.05, 4.69) is 26.3 Å². The maximum Gasteiger partial charge on any atom is 0.417 e. The zero-order valence-electron chi connectivity index (χ0n) is 14.0. The number of anilines is 1. The molecule has 1 aliphatic heterocycles. The van der Waals surface area contributed by atoms with Gasteiger partial charge in [0.1, 0.15) is 0 Å². The molecule has 5 nitrogen and oxygen atoms in total. The quantitative estimate of drug-likeness (QED) is 0.694. The van der Waals surface area contributed by atoms with Crippen molar-refractivity contribution in [2.24, 2.45) is 0 Å². The van der Waals surface area contributed by atoms with Crippen LogP contribution in [0.15, 0.2) is 28.9 Å². The minimum absolute atomic E-state index is 0.0227. The summed E-state index contributed by atoms with van der Waals surface area (Å²) in [6.45, 7) is -0.214. The molecule has 2 heterocycles. The molecule has 10 heteroatoms. The second-order valence-electron chi connectivity index (χ2n) is 6.06. The Kier molecular flexibility index (Phi) is 5.85. The van der Waals surface area contributed by atoms with Crippen LogP contribution in [0.5, 0.6) is 0 Å². The van der Waals surface area contributed by atoms with Crippen molar-refractivity contribution in [3.8, 4) is 11.3 Å². The molecule has 1 aromatic carbocycles. The van der Waals surface area contributed by atoms with Crippen LogP contribution in [0.1, 0.15) is 24.4 Å². The molecule has 1 aliphatic rings. The highest BCUT2D eigenvalue weighted by molar-refractivity contribution is 9.10. The van der Waals surface area contributed by atoms with E-state index < -0.39 is 24.3 Å². The maximum atomic E-state index is 13.2. The number of nitrogens with zero attached hydrogens (tertiary/aromatic N) is 2. The Hall–Kier alpha value is -1.94. The van der Waals surface area contributed by atoms with Crippen LogP contribution in [-0.4, -0.2) is 35.6 Å². The molecule has 0 bridgehead atoms. The number of hydrogen-bond donors (Lipinski definition) is 1. The number of nitrogens with one attached hydrogen (secondary N) is 1. The van der Waals surface area contributed by atoms with E-state index in [-0.39, 0.29) is 16.2 Å². The highest BCUT2D eigenvalue weighted by Gasteiger charge is 2.34. The van der Waals surface area contributed by atoms with Crippen molar-refractivity contribution in [2.75, 3.05) is 25.2 Å². The van der Waals surface area contributed by atoms with E-state index in [0.29, 0.717) is 37.3 Å². The van der Waals surface area contributed by atoms with Crippen molar-refractivity contribution in [2.45, 2.75) is 25.1 Å². The van der Waals surface area contributed by atoms with Crippen LogP contribution in [0.4, 0.5) is 23.2 Å². The number of halogens is 5. The SMILES string of the molecule is O=C(CF)Nc1cc(C(F)(F)F)c(Br)cc1-c1ccnn1C1CCOCC1. The average molecular weight is 450 g/mol. The van der Waals surface area contributed by atoms with Crippen molar-refractivity contribution in [1.82, 2.24) is 9.78 Å². The van der Waals surface area contributed by atoms with Crippen LogP contribution in [0.2, 0.25) is 0 Å². The zero-order chi connectivity index (χ0) is 19.6. The molecule has 0 spiro atoms. The van der Waals surface area contributed by atoms with Crippen LogP contribution in [0.25, 0.3) is 11.3 Å². The lowest BCUT2D eigenvalue weighted by atomic mass is 10.0. The van der Waals surface area contributed by atoms with Crippen molar-refractivity contribution in [3.63, 3.8) is 0 Å². The minimum Gasteiger partial charge on any atom is -0.381 e. The summed E-state index contributed by atoms with van der Waals surface area (Å²) in [6.07, 6.45) is -1.67. The Bertz CT molecular complexity index is 832. The van der Waals surface area contributed by atoms with Gasteiger partial charge in [0.2, 0.25) is 0 Å². The molecule has 0 atom stereocenters. The molecule has 27 heavy (non-hydrogen) atoms. The van der Waals surface area contributed by atoms with Gasteiger partial charge in [-0.05, 0) is 31.0 Å². The normalized spacial score (nSPS) is 15.7. The van der Waals surface area contributed by atoms with E-state index >= 15 is 0 Å². The van der Waals surface area contributed by atoms with Gasteiger partial charge in [-0.2, -0.15) is 18.3 Å². The fourth-order valence-corrected chi connectivity index (χ4v) is 3.61. The van der Waals surface area contributed by atoms with Crippen LogP contribution in [0, 0.1) is 0 Å². The average Bonchev–Trinajstić information content (AvgIpc) is 3.12. The molecule has 0 saturated carbocycles. The first-order valence-corrected chi connectivity index (χ1v) is 8.98. The van der Waals surface area contributed by atoms with Crippen molar-refractivity contribution in [3.05, 3.63) is 34.4 Å². The molecule has 3 rings (SSSR count). The third kappa shape index (κ3) is 4.32. The van der Waals surface area contributed by atoms with Crippen LogP contribution >= 0.6 is 15.9 Å². The van der Waals surface area contributed by atoms with Gasteiger partial charge < -0.3 is 10.1 Å². The molecular formula is C17H16BrF4N3O2. The fraction of sp³-hybridized carbons (Fsp3) is 0.412.